The summed E-state index contributed by atoms with van der Waals surface area (Å²) in [4.78, 5) is 32.6. The molecule has 2 heterocycles. The van der Waals surface area contributed by atoms with Gasteiger partial charge < -0.3 is 15.2 Å². The van der Waals surface area contributed by atoms with E-state index in [2.05, 4.69) is 15.2 Å². The minimum Gasteiger partial charge on any atom is -0.358 e. The Balaban J connectivity index is 1.35. The van der Waals surface area contributed by atoms with E-state index in [1.807, 2.05) is 48.2 Å². The number of para-hydroxylation sites is 2. The highest BCUT2D eigenvalue weighted by molar-refractivity contribution is 6.33. The molecule has 1 saturated heterocycles. The Bertz CT molecular complexity index is 1050. The zero-order valence-corrected chi connectivity index (χ0v) is 17.0. The summed E-state index contributed by atoms with van der Waals surface area (Å²) in [6.45, 7) is 4.71. The number of hydrogen-bond donors (Lipinski definition) is 2. The number of carbonyl (C=O) groups is 2. The number of nitrogens with one attached hydrogen (secondary N) is 2. The molecule has 0 bridgehead atoms. The molecule has 0 radical (unpaired) electrons. The number of amides is 2. The first-order valence-electron chi connectivity index (χ1n) is 9.66. The van der Waals surface area contributed by atoms with Crippen LogP contribution in [0.1, 0.15) is 16.1 Å². The number of rotatable bonds is 4. The van der Waals surface area contributed by atoms with E-state index < -0.39 is 0 Å². The van der Waals surface area contributed by atoms with E-state index in [0.717, 1.165) is 22.2 Å². The van der Waals surface area contributed by atoms with Gasteiger partial charge in [0, 0.05) is 42.8 Å². The molecule has 0 aliphatic carbocycles. The van der Waals surface area contributed by atoms with E-state index in [9.17, 15) is 9.59 Å². The lowest BCUT2D eigenvalue weighted by Gasteiger charge is -2.34. The molecule has 150 valence electrons. The Morgan fingerprint density at radius 3 is 2.48 bits per heavy atom. The van der Waals surface area contributed by atoms with E-state index in [1.54, 1.807) is 12.1 Å². The van der Waals surface area contributed by atoms with Crippen LogP contribution in [-0.2, 0) is 4.79 Å². The lowest BCUT2D eigenvalue weighted by atomic mass is 10.1. The molecule has 1 aromatic heterocycles. The fourth-order valence-electron chi connectivity index (χ4n) is 3.77. The van der Waals surface area contributed by atoms with Crippen molar-refractivity contribution in [2.24, 2.45) is 0 Å². The Labute approximate surface area is 174 Å². The van der Waals surface area contributed by atoms with Gasteiger partial charge in [0.15, 0.2) is 0 Å². The number of halogens is 1. The lowest BCUT2D eigenvalue weighted by molar-refractivity contribution is -0.117. The average Bonchev–Trinajstić information content (AvgIpc) is 3.05. The van der Waals surface area contributed by atoms with Gasteiger partial charge in [0.2, 0.25) is 5.91 Å². The first-order valence-corrected chi connectivity index (χ1v) is 10.0. The van der Waals surface area contributed by atoms with Crippen molar-refractivity contribution in [2.75, 3.05) is 38.0 Å². The van der Waals surface area contributed by atoms with Crippen LogP contribution in [-0.4, -0.2) is 59.3 Å². The van der Waals surface area contributed by atoms with Gasteiger partial charge in [-0.05, 0) is 25.1 Å². The molecular weight excluding hydrogens is 388 g/mol. The highest BCUT2D eigenvalue weighted by Crippen LogP contribution is 2.24. The van der Waals surface area contributed by atoms with Crippen LogP contribution in [0.5, 0.6) is 0 Å². The molecule has 0 spiro atoms. The topological polar surface area (TPSA) is 68.4 Å². The summed E-state index contributed by atoms with van der Waals surface area (Å²) < 4.78 is 0. The second kappa shape index (κ2) is 8.27. The molecule has 2 aromatic carbocycles. The molecule has 6 nitrogen and oxygen atoms in total. The number of nitrogens with zero attached hydrogens (tertiary/aromatic N) is 2. The smallest absolute Gasteiger partial charge is 0.256 e. The molecule has 0 atom stereocenters. The third kappa shape index (κ3) is 4.13. The third-order valence-corrected chi connectivity index (χ3v) is 5.61. The summed E-state index contributed by atoms with van der Waals surface area (Å²) in [5.41, 5.74) is 3.22. The predicted octanol–water partition coefficient (Wildman–Crippen LogP) is 3.53. The number of aromatic amines is 1. The molecule has 1 fully saturated rings. The van der Waals surface area contributed by atoms with Gasteiger partial charge in [0.25, 0.3) is 5.91 Å². The maximum atomic E-state index is 13.1. The van der Waals surface area contributed by atoms with Gasteiger partial charge in [-0.1, -0.05) is 41.9 Å². The standard InChI is InChI=1S/C22H23ClN4O2/c1-15-21(16-6-2-4-8-18(16)24-15)22(29)27-12-10-26(11-13-27)14-20(28)25-19-9-5-3-7-17(19)23/h2-9,24H,10-14H2,1H3,(H,25,28). The fraction of sp³-hybridized carbons (Fsp3) is 0.273. The zero-order valence-electron chi connectivity index (χ0n) is 16.2. The third-order valence-electron chi connectivity index (χ3n) is 5.28. The van der Waals surface area contributed by atoms with Crippen LogP contribution in [0.4, 0.5) is 5.69 Å². The molecule has 4 rings (SSSR count). The molecule has 0 saturated carbocycles. The van der Waals surface area contributed by atoms with Gasteiger partial charge in [0.1, 0.15) is 0 Å². The van der Waals surface area contributed by atoms with E-state index in [-0.39, 0.29) is 18.4 Å². The normalized spacial score (nSPS) is 14.9. The quantitative estimate of drug-likeness (QED) is 0.691. The molecule has 0 unspecified atom stereocenters. The van der Waals surface area contributed by atoms with Crippen molar-refractivity contribution >= 4 is 40.0 Å². The van der Waals surface area contributed by atoms with Crippen molar-refractivity contribution in [1.82, 2.24) is 14.8 Å². The van der Waals surface area contributed by atoms with Crippen molar-refractivity contribution in [3.05, 3.63) is 64.8 Å². The summed E-state index contributed by atoms with van der Waals surface area (Å²) in [6.07, 6.45) is 0. The number of benzene rings is 2. The zero-order chi connectivity index (χ0) is 20.4. The Hall–Kier alpha value is -2.83. The number of piperazine rings is 1. The van der Waals surface area contributed by atoms with Crippen molar-refractivity contribution in [3.8, 4) is 0 Å². The van der Waals surface area contributed by atoms with Crippen molar-refractivity contribution < 1.29 is 9.59 Å². The number of carbonyl (C=O) groups excluding carboxylic acids is 2. The number of fused-ring (bicyclic) bond motifs is 1. The number of hydrogen-bond acceptors (Lipinski definition) is 3. The first-order chi connectivity index (χ1) is 14.0. The van der Waals surface area contributed by atoms with Crippen LogP contribution >= 0.6 is 11.6 Å². The van der Waals surface area contributed by atoms with Gasteiger partial charge in [0.05, 0.1) is 22.8 Å². The number of aromatic nitrogens is 1. The molecular formula is C22H23ClN4O2. The lowest BCUT2D eigenvalue weighted by Crippen LogP contribution is -2.50. The average molecular weight is 411 g/mol. The summed E-state index contributed by atoms with van der Waals surface area (Å²) in [6, 6.07) is 15.0. The molecule has 3 aromatic rings. The second-order valence-corrected chi connectivity index (χ2v) is 7.67. The molecule has 2 N–H and O–H groups in total. The molecule has 7 heteroatoms. The summed E-state index contributed by atoms with van der Waals surface area (Å²) in [5, 5.41) is 4.32. The van der Waals surface area contributed by atoms with Crippen LogP contribution in [0.15, 0.2) is 48.5 Å². The van der Waals surface area contributed by atoms with Gasteiger partial charge in [-0.3, -0.25) is 14.5 Å². The number of anilines is 1. The molecule has 1 aliphatic heterocycles. The van der Waals surface area contributed by atoms with Gasteiger partial charge in [-0.15, -0.1) is 0 Å². The van der Waals surface area contributed by atoms with E-state index in [4.69, 9.17) is 11.6 Å². The van der Waals surface area contributed by atoms with Crippen LogP contribution in [0.2, 0.25) is 5.02 Å². The van der Waals surface area contributed by atoms with E-state index >= 15 is 0 Å². The van der Waals surface area contributed by atoms with Gasteiger partial charge in [-0.2, -0.15) is 0 Å². The van der Waals surface area contributed by atoms with Crippen molar-refractivity contribution in [3.63, 3.8) is 0 Å². The number of H-pyrrole nitrogens is 1. The maximum Gasteiger partial charge on any atom is 0.256 e. The van der Waals surface area contributed by atoms with Crippen molar-refractivity contribution in [2.45, 2.75) is 6.92 Å². The minimum atomic E-state index is -0.106. The number of aryl methyl sites for hydroxylation is 1. The van der Waals surface area contributed by atoms with E-state index in [0.29, 0.717) is 36.9 Å². The summed E-state index contributed by atoms with van der Waals surface area (Å²) >= 11 is 6.09. The van der Waals surface area contributed by atoms with Crippen LogP contribution < -0.4 is 5.32 Å². The fourth-order valence-corrected chi connectivity index (χ4v) is 3.96. The minimum absolute atomic E-state index is 0.0418. The first kappa shape index (κ1) is 19.5. The van der Waals surface area contributed by atoms with Crippen LogP contribution in [0, 0.1) is 6.92 Å². The van der Waals surface area contributed by atoms with Crippen LogP contribution in [0.25, 0.3) is 10.9 Å². The van der Waals surface area contributed by atoms with Gasteiger partial charge in [-0.25, -0.2) is 0 Å². The second-order valence-electron chi connectivity index (χ2n) is 7.27. The van der Waals surface area contributed by atoms with Gasteiger partial charge >= 0.3 is 0 Å². The van der Waals surface area contributed by atoms with Crippen molar-refractivity contribution in [1.29, 1.82) is 0 Å². The Morgan fingerprint density at radius 1 is 1.03 bits per heavy atom. The SMILES string of the molecule is Cc1[nH]c2ccccc2c1C(=O)N1CCN(CC(=O)Nc2ccccc2Cl)CC1. The predicted molar refractivity (Wildman–Crippen MR) is 115 cm³/mol. The highest BCUT2D eigenvalue weighted by atomic mass is 35.5. The maximum absolute atomic E-state index is 13.1. The Morgan fingerprint density at radius 2 is 1.72 bits per heavy atom. The Kier molecular flexibility index (Phi) is 5.56. The molecule has 29 heavy (non-hydrogen) atoms. The monoisotopic (exact) mass is 410 g/mol. The summed E-state index contributed by atoms with van der Waals surface area (Å²) in [7, 11) is 0. The van der Waals surface area contributed by atoms with E-state index in [1.165, 1.54) is 0 Å². The molecule has 2 amide bonds. The van der Waals surface area contributed by atoms with Crippen LogP contribution in [0.3, 0.4) is 0 Å². The molecule has 1 aliphatic rings. The largest absolute Gasteiger partial charge is 0.358 e. The highest BCUT2D eigenvalue weighted by Gasteiger charge is 2.26. The summed E-state index contributed by atoms with van der Waals surface area (Å²) in [5.74, 6) is -0.0644.